The number of hydrogen-bond acceptors (Lipinski definition) is 6. The van der Waals surface area contributed by atoms with Crippen molar-refractivity contribution in [2.45, 2.75) is 48.6 Å². The summed E-state index contributed by atoms with van der Waals surface area (Å²) in [7, 11) is -4.03. The van der Waals surface area contributed by atoms with Gasteiger partial charge in [-0.1, -0.05) is 18.2 Å². The molecule has 3 aromatic rings. The Morgan fingerprint density at radius 1 is 1.08 bits per heavy atom. The first-order valence-corrected chi connectivity index (χ1v) is 14.8. The quantitative estimate of drug-likeness (QED) is 0.365. The van der Waals surface area contributed by atoms with Crippen LogP contribution in [0, 0.1) is 0 Å². The third-order valence-electron chi connectivity index (χ3n) is 6.08. The summed E-state index contributed by atoms with van der Waals surface area (Å²) in [4.78, 5) is 14.4. The molecule has 1 aliphatic rings. The van der Waals surface area contributed by atoms with Crippen LogP contribution in [-0.2, 0) is 14.8 Å². The number of nitrogens with one attached hydrogen (secondary N) is 1. The van der Waals surface area contributed by atoms with Crippen molar-refractivity contribution in [3.8, 4) is 11.5 Å². The van der Waals surface area contributed by atoms with Gasteiger partial charge in [0.2, 0.25) is 5.91 Å². The predicted molar refractivity (Wildman–Crippen MR) is 147 cm³/mol. The molecule has 1 atom stereocenters. The summed E-state index contributed by atoms with van der Waals surface area (Å²) in [5.74, 6) is 0.933. The third-order valence-corrected chi connectivity index (χ3v) is 8.61. The number of para-hydroxylation sites is 1. The lowest BCUT2D eigenvalue weighted by Crippen LogP contribution is -2.45. The zero-order valence-electron chi connectivity index (χ0n) is 21.4. The number of fused-ring (bicyclic) bond motifs is 1. The molecule has 3 aromatic carbocycles. The van der Waals surface area contributed by atoms with Gasteiger partial charge < -0.3 is 14.8 Å². The van der Waals surface area contributed by atoms with Crippen LogP contribution in [0.15, 0.2) is 82.6 Å². The van der Waals surface area contributed by atoms with E-state index in [1.165, 1.54) is 11.8 Å². The highest BCUT2D eigenvalue weighted by molar-refractivity contribution is 7.98. The van der Waals surface area contributed by atoms with E-state index in [2.05, 4.69) is 5.32 Å². The first-order valence-electron chi connectivity index (χ1n) is 12.1. The summed E-state index contributed by atoms with van der Waals surface area (Å²) < 4.78 is 40.2. The minimum absolute atomic E-state index is 0.115. The number of anilines is 1. The van der Waals surface area contributed by atoms with Crippen LogP contribution in [-0.4, -0.2) is 39.3 Å². The van der Waals surface area contributed by atoms with E-state index in [9.17, 15) is 13.2 Å². The van der Waals surface area contributed by atoms with Crippen molar-refractivity contribution in [2.24, 2.45) is 0 Å². The summed E-state index contributed by atoms with van der Waals surface area (Å²) in [6.45, 7) is 5.94. The molecule has 0 spiro atoms. The molecule has 0 saturated carbocycles. The van der Waals surface area contributed by atoms with E-state index in [1.54, 1.807) is 48.5 Å². The summed E-state index contributed by atoms with van der Waals surface area (Å²) in [5.41, 5.74) is 0.769. The van der Waals surface area contributed by atoms with Gasteiger partial charge in [0, 0.05) is 16.9 Å². The fourth-order valence-corrected chi connectivity index (χ4v) is 6.20. The van der Waals surface area contributed by atoms with Crippen molar-refractivity contribution in [3.05, 3.63) is 78.4 Å². The van der Waals surface area contributed by atoms with Crippen LogP contribution in [0.5, 0.6) is 11.5 Å². The molecule has 0 bridgehead atoms. The first kappa shape index (κ1) is 26.9. The van der Waals surface area contributed by atoms with Crippen molar-refractivity contribution in [2.75, 3.05) is 23.7 Å². The SMILES string of the molecule is CCOc1ccc(N(CC(=O)NC2CC(C)(C)Oc3ccccc32)S(=O)(=O)c2ccc(SC)cc2)cc1. The Bertz CT molecular complexity index is 1340. The highest BCUT2D eigenvalue weighted by Gasteiger charge is 2.35. The Morgan fingerprint density at radius 3 is 2.41 bits per heavy atom. The fourth-order valence-electron chi connectivity index (χ4n) is 4.37. The summed E-state index contributed by atoms with van der Waals surface area (Å²) >= 11 is 1.53. The lowest BCUT2D eigenvalue weighted by Gasteiger charge is -2.38. The van der Waals surface area contributed by atoms with Crippen molar-refractivity contribution >= 4 is 33.4 Å². The number of rotatable bonds is 9. The molecule has 1 heterocycles. The lowest BCUT2D eigenvalue weighted by molar-refractivity contribution is -0.120. The zero-order chi connectivity index (χ0) is 26.6. The van der Waals surface area contributed by atoms with Crippen LogP contribution in [0.4, 0.5) is 5.69 Å². The van der Waals surface area contributed by atoms with Gasteiger partial charge in [-0.3, -0.25) is 9.10 Å². The summed E-state index contributed by atoms with van der Waals surface area (Å²) in [6.07, 6.45) is 2.48. The molecule has 0 fully saturated rings. The molecule has 0 aliphatic carbocycles. The maximum absolute atomic E-state index is 13.8. The van der Waals surface area contributed by atoms with Crippen molar-refractivity contribution in [3.63, 3.8) is 0 Å². The number of sulfonamides is 1. The third kappa shape index (κ3) is 6.22. The lowest BCUT2D eigenvalue weighted by atomic mass is 9.89. The van der Waals surface area contributed by atoms with E-state index in [1.807, 2.05) is 51.3 Å². The van der Waals surface area contributed by atoms with Crippen LogP contribution < -0.4 is 19.1 Å². The maximum Gasteiger partial charge on any atom is 0.264 e. The molecule has 1 aliphatic heterocycles. The second-order valence-electron chi connectivity index (χ2n) is 9.34. The second-order valence-corrected chi connectivity index (χ2v) is 12.1. The monoisotopic (exact) mass is 540 g/mol. The summed E-state index contributed by atoms with van der Waals surface area (Å²) in [5, 5.41) is 3.05. The Kier molecular flexibility index (Phi) is 8.04. The van der Waals surface area contributed by atoms with Gasteiger partial charge in [0.25, 0.3) is 10.0 Å². The number of carbonyl (C=O) groups is 1. The number of benzene rings is 3. The molecule has 1 unspecified atom stereocenters. The van der Waals surface area contributed by atoms with E-state index in [-0.39, 0.29) is 17.5 Å². The first-order chi connectivity index (χ1) is 17.6. The van der Waals surface area contributed by atoms with Crippen LogP contribution in [0.25, 0.3) is 0 Å². The van der Waals surface area contributed by atoms with E-state index in [0.717, 1.165) is 14.8 Å². The molecular weight excluding hydrogens is 508 g/mol. The molecule has 37 heavy (non-hydrogen) atoms. The van der Waals surface area contributed by atoms with E-state index >= 15 is 0 Å². The number of ether oxygens (including phenoxy) is 2. The minimum Gasteiger partial charge on any atom is -0.494 e. The Labute approximate surface area is 223 Å². The van der Waals surface area contributed by atoms with Crippen LogP contribution in [0.3, 0.4) is 0 Å². The van der Waals surface area contributed by atoms with E-state index in [4.69, 9.17) is 9.47 Å². The van der Waals surface area contributed by atoms with Gasteiger partial charge >= 0.3 is 0 Å². The molecule has 0 radical (unpaired) electrons. The van der Waals surface area contributed by atoms with E-state index in [0.29, 0.717) is 30.2 Å². The number of carbonyl (C=O) groups excluding carboxylic acids is 1. The van der Waals surface area contributed by atoms with Crippen molar-refractivity contribution in [1.29, 1.82) is 0 Å². The van der Waals surface area contributed by atoms with Crippen LogP contribution >= 0.6 is 11.8 Å². The maximum atomic E-state index is 13.8. The van der Waals surface area contributed by atoms with Gasteiger partial charge in [-0.05, 0) is 81.6 Å². The molecule has 9 heteroatoms. The molecular formula is C28H32N2O5S2. The number of thioether (sulfide) groups is 1. The molecule has 196 valence electrons. The van der Waals surface area contributed by atoms with Gasteiger partial charge in [0.15, 0.2) is 0 Å². The number of nitrogens with zero attached hydrogens (tertiary/aromatic N) is 1. The van der Waals surface area contributed by atoms with Gasteiger partial charge in [0.05, 0.1) is 23.2 Å². The number of amides is 1. The van der Waals surface area contributed by atoms with Gasteiger partial charge in [0.1, 0.15) is 23.6 Å². The Hall–Kier alpha value is -3.17. The second kappa shape index (κ2) is 11.1. The van der Waals surface area contributed by atoms with Gasteiger partial charge in [-0.2, -0.15) is 0 Å². The molecule has 1 N–H and O–H groups in total. The van der Waals surface area contributed by atoms with Crippen LogP contribution in [0.1, 0.15) is 38.8 Å². The molecule has 1 amide bonds. The molecule has 7 nitrogen and oxygen atoms in total. The smallest absolute Gasteiger partial charge is 0.264 e. The fraction of sp³-hybridized carbons (Fsp3) is 0.321. The average Bonchev–Trinajstić information content (AvgIpc) is 2.87. The molecule has 4 rings (SSSR count). The summed E-state index contributed by atoms with van der Waals surface area (Å²) in [6, 6.07) is 20.6. The normalized spacial score (nSPS) is 16.3. The van der Waals surface area contributed by atoms with E-state index < -0.39 is 21.5 Å². The average molecular weight is 541 g/mol. The van der Waals surface area contributed by atoms with Gasteiger partial charge in [-0.25, -0.2) is 8.42 Å². The Morgan fingerprint density at radius 2 is 1.76 bits per heavy atom. The van der Waals surface area contributed by atoms with Crippen LogP contribution in [0.2, 0.25) is 0 Å². The van der Waals surface area contributed by atoms with Crippen molar-refractivity contribution in [1.82, 2.24) is 5.32 Å². The predicted octanol–water partition coefficient (Wildman–Crippen LogP) is 5.42. The standard InChI is InChI=1S/C28H32N2O5S2/c1-5-34-21-12-10-20(11-13-21)30(37(32,33)23-16-14-22(36-4)15-17-23)19-27(31)29-25-18-28(2,3)35-26-9-7-6-8-24(25)26/h6-17,25H,5,18-19H2,1-4H3,(H,29,31). The highest BCUT2D eigenvalue weighted by Crippen LogP contribution is 2.39. The van der Waals surface area contributed by atoms with Gasteiger partial charge in [-0.15, -0.1) is 11.8 Å². The largest absolute Gasteiger partial charge is 0.494 e. The van der Waals surface area contributed by atoms with Crippen molar-refractivity contribution < 1.29 is 22.7 Å². The number of hydrogen-bond donors (Lipinski definition) is 1. The molecule has 0 saturated heterocycles. The highest BCUT2D eigenvalue weighted by atomic mass is 32.2. The Balaban J connectivity index is 1.64. The molecule has 0 aromatic heterocycles. The zero-order valence-corrected chi connectivity index (χ0v) is 23.1. The topological polar surface area (TPSA) is 84.9 Å². The minimum atomic E-state index is -4.03.